The van der Waals surface area contributed by atoms with E-state index in [1.54, 1.807) is 11.3 Å². The van der Waals surface area contributed by atoms with Crippen LogP contribution in [0.25, 0.3) is 0 Å². The highest BCUT2D eigenvalue weighted by atomic mass is 32.1. The van der Waals surface area contributed by atoms with Gasteiger partial charge in [0.2, 0.25) is 0 Å². The molecule has 2 N–H and O–H groups in total. The van der Waals surface area contributed by atoms with Gasteiger partial charge in [0.15, 0.2) is 0 Å². The summed E-state index contributed by atoms with van der Waals surface area (Å²) in [5.74, 6) is -0.0900. The van der Waals surface area contributed by atoms with Gasteiger partial charge in [-0.15, -0.1) is 11.3 Å². The SMILES string of the molecule is CC1CCc2sc(C(=O)NCCCCC(=O)O)cc2C1. The van der Waals surface area contributed by atoms with Crippen molar-refractivity contribution in [2.75, 3.05) is 6.54 Å². The van der Waals surface area contributed by atoms with E-state index >= 15 is 0 Å². The summed E-state index contributed by atoms with van der Waals surface area (Å²) >= 11 is 1.61. The zero-order valence-electron chi connectivity index (χ0n) is 11.8. The quantitative estimate of drug-likeness (QED) is 0.793. The highest BCUT2D eigenvalue weighted by Gasteiger charge is 2.20. The maximum Gasteiger partial charge on any atom is 0.303 e. The molecule has 0 spiro atoms. The summed E-state index contributed by atoms with van der Waals surface area (Å²) in [7, 11) is 0. The van der Waals surface area contributed by atoms with Gasteiger partial charge in [-0.3, -0.25) is 9.59 Å². The zero-order valence-corrected chi connectivity index (χ0v) is 12.6. The van der Waals surface area contributed by atoms with Crippen LogP contribution in [0.4, 0.5) is 0 Å². The van der Waals surface area contributed by atoms with Gasteiger partial charge in [0.25, 0.3) is 5.91 Å². The van der Waals surface area contributed by atoms with Gasteiger partial charge in [0, 0.05) is 17.8 Å². The van der Waals surface area contributed by atoms with Gasteiger partial charge in [-0.2, -0.15) is 0 Å². The molecule has 4 nitrogen and oxygen atoms in total. The van der Waals surface area contributed by atoms with Gasteiger partial charge in [-0.25, -0.2) is 0 Å². The predicted molar refractivity (Wildman–Crippen MR) is 79.3 cm³/mol. The van der Waals surface area contributed by atoms with Crippen LogP contribution in [0.5, 0.6) is 0 Å². The number of hydrogen-bond donors (Lipinski definition) is 2. The van der Waals surface area contributed by atoms with Crippen LogP contribution in [0.2, 0.25) is 0 Å². The minimum Gasteiger partial charge on any atom is -0.481 e. The molecule has 1 amide bonds. The smallest absolute Gasteiger partial charge is 0.303 e. The molecule has 0 aromatic carbocycles. The number of unbranched alkanes of at least 4 members (excludes halogenated alkanes) is 1. The number of fused-ring (bicyclic) bond motifs is 1. The van der Waals surface area contributed by atoms with Crippen molar-refractivity contribution in [3.63, 3.8) is 0 Å². The molecule has 0 radical (unpaired) electrons. The standard InChI is InChI=1S/C15H21NO3S/c1-10-5-6-12-11(8-10)9-13(20-12)15(19)16-7-3-2-4-14(17)18/h9-10H,2-8H2,1H3,(H,16,19)(H,17,18). The minimum absolute atomic E-state index is 0.0209. The monoisotopic (exact) mass is 295 g/mol. The third-order valence-corrected chi connectivity index (χ3v) is 4.89. The molecule has 110 valence electrons. The lowest BCUT2D eigenvalue weighted by atomic mass is 9.90. The van der Waals surface area contributed by atoms with Crippen LogP contribution in [0.1, 0.15) is 52.7 Å². The summed E-state index contributed by atoms with van der Waals surface area (Å²) in [6, 6.07) is 2.03. The molecule has 1 aliphatic rings. The Balaban J connectivity index is 1.80. The number of carbonyl (C=O) groups is 2. The summed E-state index contributed by atoms with van der Waals surface area (Å²) in [6.07, 6.45) is 4.86. The highest BCUT2D eigenvalue weighted by Crippen LogP contribution is 2.32. The van der Waals surface area contributed by atoms with Crippen molar-refractivity contribution >= 4 is 23.2 Å². The second-order valence-electron chi connectivity index (χ2n) is 5.51. The van der Waals surface area contributed by atoms with E-state index < -0.39 is 5.97 Å². The van der Waals surface area contributed by atoms with Gasteiger partial charge in [-0.05, 0) is 49.7 Å². The molecule has 1 unspecified atom stereocenters. The van der Waals surface area contributed by atoms with Crippen molar-refractivity contribution in [3.05, 3.63) is 21.4 Å². The molecule has 0 saturated heterocycles. The third-order valence-electron chi connectivity index (χ3n) is 3.66. The van der Waals surface area contributed by atoms with Crippen molar-refractivity contribution in [3.8, 4) is 0 Å². The van der Waals surface area contributed by atoms with Gasteiger partial charge in [0.05, 0.1) is 4.88 Å². The van der Waals surface area contributed by atoms with Crippen LogP contribution in [-0.2, 0) is 17.6 Å². The fourth-order valence-corrected chi connectivity index (χ4v) is 3.63. The second kappa shape index (κ2) is 6.88. The number of aryl methyl sites for hydroxylation is 1. The molecule has 1 aliphatic carbocycles. The molecule has 0 saturated carbocycles. The van der Waals surface area contributed by atoms with Crippen LogP contribution < -0.4 is 5.32 Å². The summed E-state index contributed by atoms with van der Waals surface area (Å²) < 4.78 is 0. The van der Waals surface area contributed by atoms with E-state index in [9.17, 15) is 9.59 Å². The van der Waals surface area contributed by atoms with Gasteiger partial charge in [-0.1, -0.05) is 6.92 Å². The number of carboxylic acid groups (broad SMARTS) is 1. The number of aliphatic carboxylic acids is 1. The van der Waals surface area contributed by atoms with Gasteiger partial charge >= 0.3 is 5.97 Å². The molecule has 5 heteroatoms. The molecule has 20 heavy (non-hydrogen) atoms. The lowest BCUT2D eigenvalue weighted by Gasteiger charge is -2.16. The van der Waals surface area contributed by atoms with Crippen molar-refractivity contribution in [1.29, 1.82) is 0 Å². The van der Waals surface area contributed by atoms with E-state index in [1.807, 2.05) is 6.07 Å². The Bertz CT molecular complexity index is 495. The first-order valence-electron chi connectivity index (χ1n) is 7.18. The number of rotatable bonds is 6. The van der Waals surface area contributed by atoms with Crippen LogP contribution in [-0.4, -0.2) is 23.5 Å². The average Bonchev–Trinajstić information content (AvgIpc) is 2.80. The summed E-state index contributed by atoms with van der Waals surface area (Å²) in [5.41, 5.74) is 1.34. The Morgan fingerprint density at radius 1 is 1.45 bits per heavy atom. The normalized spacial score (nSPS) is 17.6. The number of carbonyl (C=O) groups excluding carboxylic acids is 1. The summed E-state index contributed by atoms with van der Waals surface area (Å²) in [5, 5.41) is 11.4. The molecule has 1 heterocycles. The Morgan fingerprint density at radius 3 is 3.00 bits per heavy atom. The fourth-order valence-electron chi connectivity index (χ4n) is 2.51. The first-order valence-corrected chi connectivity index (χ1v) is 7.99. The van der Waals surface area contributed by atoms with Gasteiger partial charge in [0.1, 0.15) is 0 Å². The van der Waals surface area contributed by atoms with Crippen molar-refractivity contribution in [2.24, 2.45) is 5.92 Å². The Morgan fingerprint density at radius 2 is 2.25 bits per heavy atom. The Labute approximate surface area is 123 Å². The number of hydrogen-bond acceptors (Lipinski definition) is 3. The van der Waals surface area contributed by atoms with Crippen molar-refractivity contribution < 1.29 is 14.7 Å². The molecule has 1 aromatic rings. The zero-order chi connectivity index (χ0) is 14.5. The van der Waals surface area contributed by atoms with Crippen molar-refractivity contribution in [2.45, 2.75) is 45.4 Å². The van der Waals surface area contributed by atoms with E-state index in [4.69, 9.17) is 5.11 Å². The first kappa shape index (κ1) is 15.0. The molecule has 0 bridgehead atoms. The maximum absolute atomic E-state index is 12.0. The molecular formula is C15H21NO3S. The summed E-state index contributed by atoms with van der Waals surface area (Å²) in [6.45, 7) is 2.80. The Kier molecular flexibility index (Phi) is 5.17. The van der Waals surface area contributed by atoms with Gasteiger partial charge < -0.3 is 10.4 Å². The molecule has 0 fully saturated rings. The van der Waals surface area contributed by atoms with E-state index in [0.29, 0.717) is 25.3 Å². The lowest BCUT2D eigenvalue weighted by Crippen LogP contribution is -2.23. The van der Waals surface area contributed by atoms with Crippen LogP contribution in [0.3, 0.4) is 0 Å². The predicted octanol–water partition coefficient (Wildman–Crippen LogP) is 2.86. The topological polar surface area (TPSA) is 66.4 Å². The summed E-state index contributed by atoms with van der Waals surface area (Å²) in [4.78, 5) is 24.5. The number of amides is 1. The lowest BCUT2D eigenvalue weighted by molar-refractivity contribution is -0.137. The minimum atomic E-state index is -0.781. The Hall–Kier alpha value is -1.36. The van der Waals surface area contributed by atoms with Crippen LogP contribution in [0.15, 0.2) is 6.07 Å². The van der Waals surface area contributed by atoms with E-state index in [1.165, 1.54) is 16.9 Å². The van der Waals surface area contributed by atoms with E-state index in [2.05, 4.69) is 12.2 Å². The molecular weight excluding hydrogens is 274 g/mol. The van der Waals surface area contributed by atoms with Crippen LogP contribution in [0, 0.1) is 5.92 Å². The molecule has 1 aromatic heterocycles. The highest BCUT2D eigenvalue weighted by molar-refractivity contribution is 7.14. The molecule has 1 atom stereocenters. The third kappa shape index (κ3) is 4.07. The first-order chi connectivity index (χ1) is 9.56. The second-order valence-corrected chi connectivity index (χ2v) is 6.65. The molecule has 2 rings (SSSR count). The molecule has 0 aliphatic heterocycles. The average molecular weight is 295 g/mol. The largest absolute Gasteiger partial charge is 0.481 e. The maximum atomic E-state index is 12.0. The van der Waals surface area contributed by atoms with Crippen molar-refractivity contribution in [1.82, 2.24) is 5.32 Å². The fraction of sp³-hybridized carbons (Fsp3) is 0.600. The number of thiophene rings is 1. The van der Waals surface area contributed by atoms with E-state index in [0.717, 1.165) is 17.7 Å². The number of nitrogens with one attached hydrogen (secondary N) is 1. The number of carboxylic acids is 1. The van der Waals surface area contributed by atoms with Crippen LogP contribution >= 0.6 is 11.3 Å². The van der Waals surface area contributed by atoms with E-state index in [-0.39, 0.29) is 12.3 Å².